The Kier molecular flexibility index (Phi) is 7.16. The standard InChI is InChI=1S/C53H33N5/c1-3-15-35(16-4-1)51-54-52(36-17-5-2-6-18-36)56-53(55-51)37-26-29-39(30-27-37)57-46-23-11-10-22-42(46)45-33-44-38(32-49(45)57)19-13-25-48(44)58-47-24-12-9-21-41(47)43-31-28-34-14-7-8-20-40(34)50(43)58/h1-33H. The highest BCUT2D eigenvalue weighted by Gasteiger charge is 2.19. The van der Waals surface area contributed by atoms with Crippen molar-refractivity contribution in [1.82, 2.24) is 24.1 Å². The Balaban J connectivity index is 1.04. The lowest BCUT2D eigenvalue weighted by atomic mass is 10.0. The van der Waals surface area contributed by atoms with E-state index in [2.05, 4.69) is 149 Å². The maximum absolute atomic E-state index is 4.98. The van der Waals surface area contributed by atoms with Crippen LogP contribution in [-0.2, 0) is 0 Å². The Morgan fingerprint density at radius 2 is 0.828 bits per heavy atom. The van der Waals surface area contributed by atoms with Crippen LogP contribution < -0.4 is 0 Å². The quantitative estimate of drug-likeness (QED) is 0.177. The van der Waals surface area contributed by atoms with Crippen molar-refractivity contribution in [2.24, 2.45) is 0 Å². The van der Waals surface area contributed by atoms with E-state index < -0.39 is 0 Å². The van der Waals surface area contributed by atoms with Crippen molar-refractivity contribution in [2.75, 3.05) is 0 Å². The zero-order valence-corrected chi connectivity index (χ0v) is 31.3. The van der Waals surface area contributed by atoms with Crippen molar-refractivity contribution in [1.29, 1.82) is 0 Å². The zero-order chi connectivity index (χ0) is 38.2. The van der Waals surface area contributed by atoms with Gasteiger partial charge >= 0.3 is 0 Å². The highest BCUT2D eigenvalue weighted by Crippen LogP contribution is 2.41. The SMILES string of the molecule is c1ccc(-c2nc(-c3ccccc3)nc(-c3ccc(-n4c5ccccc5c5cc6c(-n7c8ccccc8c8ccc9ccccc9c87)cccc6cc54)cc3)n2)cc1. The maximum Gasteiger partial charge on any atom is 0.164 e. The zero-order valence-electron chi connectivity index (χ0n) is 31.3. The van der Waals surface area contributed by atoms with Crippen LogP contribution in [0, 0.1) is 0 Å². The lowest BCUT2D eigenvalue weighted by Crippen LogP contribution is -2.00. The average Bonchev–Trinajstić information content (AvgIpc) is 3.81. The van der Waals surface area contributed by atoms with E-state index in [1.807, 2.05) is 60.7 Å². The Hall–Kier alpha value is -7.89. The van der Waals surface area contributed by atoms with E-state index in [0.717, 1.165) is 33.4 Å². The summed E-state index contributed by atoms with van der Waals surface area (Å²) in [4.78, 5) is 14.8. The van der Waals surface area contributed by atoms with Gasteiger partial charge in [0.15, 0.2) is 17.5 Å². The third kappa shape index (κ3) is 5.00. The molecule has 3 aromatic heterocycles. The van der Waals surface area contributed by atoms with Crippen molar-refractivity contribution in [3.05, 3.63) is 200 Å². The molecule has 0 aliphatic heterocycles. The normalized spacial score (nSPS) is 11.8. The summed E-state index contributed by atoms with van der Waals surface area (Å²) in [6.45, 7) is 0. The molecule has 3 heterocycles. The molecule has 0 saturated carbocycles. The molecule has 0 aliphatic rings. The van der Waals surface area contributed by atoms with E-state index in [1.54, 1.807) is 0 Å². The number of nitrogens with zero attached hydrogens (tertiary/aromatic N) is 5. The summed E-state index contributed by atoms with van der Waals surface area (Å²) in [6, 6.07) is 71.1. The van der Waals surface area contributed by atoms with Crippen LogP contribution in [0.3, 0.4) is 0 Å². The van der Waals surface area contributed by atoms with E-state index in [0.29, 0.717) is 17.5 Å². The summed E-state index contributed by atoms with van der Waals surface area (Å²) in [7, 11) is 0. The Labute approximate surface area is 333 Å². The summed E-state index contributed by atoms with van der Waals surface area (Å²) >= 11 is 0. The maximum atomic E-state index is 4.98. The van der Waals surface area contributed by atoms with Crippen LogP contribution in [-0.4, -0.2) is 24.1 Å². The molecule has 5 nitrogen and oxygen atoms in total. The number of hydrogen-bond acceptors (Lipinski definition) is 3. The molecule has 0 unspecified atom stereocenters. The lowest BCUT2D eigenvalue weighted by molar-refractivity contribution is 1.07. The summed E-state index contributed by atoms with van der Waals surface area (Å²) in [5.74, 6) is 1.94. The van der Waals surface area contributed by atoms with Crippen molar-refractivity contribution in [3.63, 3.8) is 0 Å². The van der Waals surface area contributed by atoms with E-state index in [1.165, 1.54) is 59.8 Å². The Morgan fingerprint density at radius 1 is 0.293 bits per heavy atom. The third-order valence-corrected chi connectivity index (χ3v) is 11.5. The molecular weight excluding hydrogens is 707 g/mol. The predicted molar refractivity (Wildman–Crippen MR) is 240 cm³/mol. The van der Waals surface area contributed by atoms with Crippen molar-refractivity contribution < 1.29 is 0 Å². The summed E-state index contributed by atoms with van der Waals surface area (Å²) < 4.78 is 4.86. The minimum atomic E-state index is 0.637. The second-order valence-electron chi connectivity index (χ2n) is 14.8. The van der Waals surface area contributed by atoms with Gasteiger partial charge in [0.05, 0.1) is 27.8 Å². The molecule has 0 amide bonds. The van der Waals surface area contributed by atoms with Gasteiger partial charge in [-0.1, -0.05) is 146 Å². The molecule has 9 aromatic carbocycles. The van der Waals surface area contributed by atoms with Gasteiger partial charge in [-0.05, 0) is 65.4 Å². The lowest BCUT2D eigenvalue weighted by Gasteiger charge is -2.14. The van der Waals surface area contributed by atoms with Crippen LogP contribution >= 0.6 is 0 Å². The predicted octanol–water partition coefficient (Wildman–Crippen LogP) is 13.4. The summed E-state index contributed by atoms with van der Waals surface area (Å²) in [6.07, 6.45) is 0. The summed E-state index contributed by atoms with van der Waals surface area (Å²) in [5, 5.41) is 9.82. The molecule has 0 spiro atoms. The fourth-order valence-electron chi connectivity index (χ4n) is 8.87. The Morgan fingerprint density at radius 3 is 1.50 bits per heavy atom. The van der Waals surface area contributed by atoms with Gasteiger partial charge in [-0.2, -0.15) is 0 Å². The molecule has 12 rings (SSSR count). The molecule has 0 radical (unpaired) electrons. The minimum Gasteiger partial charge on any atom is -0.309 e. The smallest absolute Gasteiger partial charge is 0.164 e. The van der Waals surface area contributed by atoms with Crippen LogP contribution in [0.4, 0.5) is 0 Å². The van der Waals surface area contributed by atoms with E-state index >= 15 is 0 Å². The van der Waals surface area contributed by atoms with Gasteiger partial charge in [-0.3, -0.25) is 0 Å². The van der Waals surface area contributed by atoms with Gasteiger partial charge in [-0.15, -0.1) is 0 Å². The Bertz CT molecular complexity index is 3490. The molecule has 0 bridgehead atoms. The topological polar surface area (TPSA) is 48.5 Å². The van der Waals surface area contributed by atoms with Gasteiger partial charge in [0.2, 0.25) is 0 Å². The number of aromatic nitrogens is 5. The van der Waals surface area contributed by atoms with Gasteiger partial charge in [0.1, 0.15) is 0 Å². The second-order valence-corrected chi connectivity index (χ2v) is 14.8. The first-order chi connectivity index (χ1) is 28.8. The number of fused-ring (bicyclic) bond motifs is 9. The molecule has 0 aliphatic carbocycles. The largest absolute Gasteiger partial charge is 0.309 e. The number of rotatable bonds is 5. The van der Waals surface area contributed by atoms with Crippen LogP contribution in [0.1, 0.15) is 0 Å². The molecule has 0 N–H and O–H groups in total. The number of benzene rings is 9. The number of para-hydroxylation sites is 2. The highest BCUT2D eigenvalue weighted by atomic mass is 15.0. The van der Waals surface area contributed by atoms with Crippen LogP contribution in [0.25, 0.3) is 111 Å². The van der Waals surface area contributed by atoms with E-state index in [4.69, 9.17) is 15.0 Å². The van der Waals surface area contributed by atoms with E-state index in [9.17, 15) is 0 Å². The molecule has 5 heteroatoms. The van der Waals surface area contributed by atoms with Crippen LogP contribution in [0.15, 0.2) is 200 Å². The minimum absolute atomic E-state index is 0.637. The monoisotopic (exact) mass is 739 g/mol. The van der Waals surface area contributed by atoms with Crippen molar-refractivity contribution in [2.45, 2.75) is 0 Å². The fourth-order valence-corrected chi connectivity index (χ4v) is 8.87. The van der Waals surface area contributed by atoms with Gasteiger partial charge in [-0.25, -0.2) is 15.0 Å². The molecule has 270 valence electrons. The number of hydrogen-bond donors (Lipinski definition) is 0. The first-order valence-corrected chi connectivity index (χ1v) is 19.6. The molecule has 0 atom stereocenters. The second kappa shape index (κ2) is 12.8. The molecule has 12 aromatic rings. The van der Waals surface area contributed by atoms with E-state index in [-0.39, 0.29) is 0 Å². The molecular formula is C53H33N5. The van der Waals surface area contributed by atoms with Crippen molar-refractivity contribution >= 4 is 65.2 Å². The first-order valence-electron chi connectivity index (χ1n) is 19.6. The van der Waals surface area contributed by atoms with Crippen LogP contribution in [0.5, 0.6) is 0 Å². The highest BCUT2D eigenvalue weighted by molar-refractivity contribution is 6.20. The van der Waals surface area contributed by atoms with Gasteiger partial charge < -0.3 is 9.13 Å². The first kappa shape index (κ1) is 32.4. The molecule has 0 saturated heterocycles. The summed E-state index contributed by atoms with van der Waals surface area (Å²) in [5.41, 5.74) is 9.82. The molecule has 58 heavy (non-hydrogen) atoms. The average molecular weight is 740 g/mol. The fraction of sp³-hybridized carbons (Fsp3) is 0. The third-order valence-electron chi connectivity index (χ3n) is 11.5. The van der Waals surface area contributed by atoms with Crippen LogP contribution in [0.2, 0.25) is 0 Å². The van der Waals surface area contributed by atoms with Gasteiger partial charge in [0, 0.05) is 54.7 Å². The van der Waals surface area contributed by atoms with Crippen molar-refractivity contribution in [3.8, 4) is 45.5 Å². The van der Waals surface area contributed by atoms with Gasteiger partial charge in [0.25, 0.3) is 0 Å². The molecule has 0 fully saturated rings.